The predicted octanol–water partition coefficient (Wildman–Crippen LogP) is 5.79. The van der Waals surface area contributed by atoms with Crippen molar-refractivity contribution in [3.8, 4) is 5.75 Å². The lowest BCUT2D eigenvalue weighted by Crippen LogP contribution is -2.30. The summed E-state index contributed by atoms with van der Waals surface area (Å²) in [5.41, 5.74) is 2.62. The summed E-state index contributed by atoms with van der Waals surface area (Å²) in [4.78, 5) is 17.3. The number of rotatable bonds is 7. The Kier molecular flexibility index (Phi) is 7.17. The Hall–Kier alpha value is -3.27. The van der Waals surface area contributed by atoms with E-state index in [0.29, 0.717) is 28.6 Å². The Labute approximate surface area is 207 Å². The van der Waals surface area contributed by atoms with Crippen LogP contribution in [0.2, 0.25) is 0 Å². The lowest BCUT2D eigenvalue weighted by molar-refractivity contribution is -0.274. The summed E-state index contributed by atoms with van der Waals surface area (Å²) in [5.74, 6) is 0.449. The Morgan fingerprint density at radius 2 is 1.92 bits per heavy atom. The molecule has 2 atom stereocenters. The lowest BCUT2D eigenvalue weighted by atomic mass is 9.70. The fraction of sp³-hybridized carbons (Fsp3) is 0.462. The summed E-state index contributed by atoms with van der Waals surface area (Å²) < 4.78 is 43.7. The van der Waals surface area contributed by atoms with E-state index in [9.17, 15) is 18.0 Å². The molecular formula is C26H31F3N4O3. The standard InChI is InChI=1S/C26H31F3N4O3/c1-16-12-19(15-25(2,3)14-16)33-22-13-17(23(35)30-10-11-34)4-9-21(22)32-24(33)31-18-5-7-20(8-6-18)36-26(27,28)29/h4-9,13,16,19,34H,10-12,14-15H2,1-3H3,(H,30,35)(H,31,32)/t16-,19+/m0/s1. The van der Waals surface area contributed by atoms with Gasteiger partial charge in [-0.1, -0.05) is 20.8 Å². The molecule has 0 unspecified atom stereocenters. The highest BCUT2D eigenvalue weighted by atomic mass is 19.4. The SMILES string of the molecule is C[C@H]1C[C@@H](n2c(Nc3ccc(OC(F)(F)F)cc3)nc3ccc(C(=O)NCCO)cc32)CC(C)(C)C1. The first kappa shape index (κ1) is 25.8. The van der Waals surface area contributed by atoms with E-state index in [0.717, 1.165) is 24.8 Å². The number of amides is 1. The van der Waals surface area contributed by atoms with Crippen LogP contribution >= 0.6 is 0 Å². The molecule has 1 aliphatic carbocycles. The maximum absolute atomic E-state index is 12.6. The Bertz CT molecular complexity index is 1220. The van der Waals surface area contributed by atoms with Crippen LogP contribution in [0.15, 0.2) is 42.5 Å². The van der Waals surface area contributed by atoms with Crippen LogP contribution < -0.4 is 15.4 Å². The minimum atomic E-state index is -4.76. The van der Waals surface area contributed by atoms with Gasteiger partial charge in [0.2, 0.25) is 5.95 Å². The van der Waals surface area contributed by atoms with E-state index in [1.807, 2.05) is 0 Å². The number of imidazole rings is 1. The first-order valence-electron chi connectivity index (χ1n) is 12.0. The molecule has 3 aromatic rings. The topological polar surface area (TPSA) is 88.4 Å². The highest BCUT2D eigenvalue weighted by molar-refractivity contribution is 5.97. The van der Waals surface area contributed by atoms with Crippen molar-refractivity contribution in [3.63, 3.8) is 0 Å². The average molecular weight is 505 g/mol. The number of ether oxygens (including phenoxy) is 1. The van der Waals surface area contributed by atoms with Gasteiger partial charge in [-0.05, 0) is 73.1 Å². The Morgan fingerprint density at radius 3 is 2.56 bits per heavy atom. The second-order valence-corrected chi connectivity index (χ2v) is 10.3. The number of hydrogen-bond acceptors (Lipinski definition) is 5. The van der Waals surface area contributed by atoms with E-state index in [1.54, 1.807) is 18.2 Å². The molecule has 1 aliphatic rings. The summed E-state index contributed by atoms with van der Waals surface area (Å²) in [5, 5.41) is 15.0. The molecule has 4 rings (SSSR count). The number of carbonyl (C=O) groups is 1. The lowest BCUT2D eigenvalue weighted by Gasteiger charge is -2.40. The Balaban J connectivity index is 1.73. The predicted molar refractivity (Wildman–Crippen MR) is 131 cm³/mol. The highest BCUT2D eigenvalue weighted by Gasteiger charge is 2.35. The number of benzene rings is 2. The molecular weight excluding hydrogens is 473 g/mol. The number of fused-ring (bicyclic) bond motifs is 1. The van der Waals surface area contributed by atoms with Gasteiger partial charge in [-0.2, -0.15) is 0 Å². The number of nitrogens with zero attached hydrogens (tertiary/aromatic N) is 2. The molecule has 2 aromatic carbocycles. The summed E-state index contributed by atoms with van der Waals surface area (Å²) in [6.45, 7) is 6.73. The van der Waals surface area contributed by atoms with Crippen molar-refractivity contribution in [2.75, 3.05) is 18.5 Å². The first-order valence-corrected chi connectivity index (χ1v) is 12.0. The molecule has 7 nitrogen and oxygen atoms in total. The summed E-state index contributed by atoms with van der Waals surface area (Å²) in [7, 11) is 0. The maximum Gasteiger partial charge on any atom is 0.573 e. The van der Waals surface area contributed by atoms with Gasteiger partial charge in [-0.3, -0.25) is 4.79 Å². The van der Waals surface area contributed by atoms with Gasteiger partial charge < -0.3 is 25.0 Å². The fourth-order valence-electron chi connectivity index (χ4n) is 5.32. The van der Waals surface area contributed by atoms with Crippen molar-refractivity contribution in [1.29, 1.82) is 0 Å². The quantitative estimate of drug-likeness (QED) is 0.379. The smallest absolute Gasteiger partial charge is 0.406 e. The van der Waals surface area contributed by atoms with Crippen LogP contribution in [-0.4, -0.2) is 40.1 Å². The molecule has 0 bridgehead atoms. The van der Waals surface area contributed by atoms with Crippen LogP contribution in [0.1, 0.15) is 56.4 Å². The third-order valence-electron chi connectivity index (χ3n) is 6.42. The minimum absolute atomic E-state index is 0.111. The van der Waals surface area contributed by atoms with Crippen molar-refractivity contribution in [2.45, 2.75) is 52.4 Å². The molecule has 1 aromatic heterocycles. The third kappa shape index (κ3) is 6.10. The zero-order chi connectivity index (χ0) is 26.1. The molecule has 0 saturated heterocycles. The molecule has 3 N–H and O–H groups in total. The zero-order valence-electron chi connectivity index (χ0n) is 20.5. The van der Waals surface area contributed by atoms with E-state index in [2.05, 4.69) is 40.7 Å². The second kappa shape index (κ2) is 10.0. The number of halogens is 3. The van der Waals surface area contributed by atoms with Crippen LogP contribution in [-0.2, 0) is 0 Å². The normalized spacial score (nSPS) is 19.8. The monoisotopic (exact) mass is 504 g/mol. The van der Waals surface area contributed by atoms with Crippen LogP contribution in [0.3, 0.4) is 0 Å². The van der Waals surface area contributed by atoms with E-state index in [1.165, 1.54) is 24.3 Å². The molecule has 10 heteroatoms. The second-order valence-electron chi connectivity index (χ2n) is 10.3. The molecule has 1 fully saturated rings. The van der Waals surface area contributed by atoms with Gasteiger partial charge in [-0.25, -0.2) is 4.98 Å². The number of nitrogens with one attached hydrogen (secondary N) is 2. The van der Waals surface area contributed by atoms with Crippen LogP contribution in [0, 0.1) is 11.3 Å². The van der Waals surface area contributed by atoms with Gasteiger partial charge in [0.05, 0.1) is 17.6 Å². The van der Waals surface area contributed by atoms with E-state index in [-0.39, 0.29) is 36.3 Å². The van der Waals surface area contributed by atoms with Crippen molar-refractivity contribution in [3.05, 3.63) is 48.0 Å². The number of alkyl halides is 3. The van der Waals surface area contributed by atoms with E-state index < -0.39 is 6.36 Å². The summed E-state index contributed by atoms with van der Waals surface area (Å²) >= 11 is 0. The molecule has 0 radical (unpaired) electrons. The maximum atomic E-state index is 12.6. The third-order valence-corrected chi connectivity index (χ3v) is 6.42. The number of hydrogen-bond donors (Lipinski definition) is 3. The number of carbonyl (C=O) groups excluding carboxylic acids is 1. The number of aromatic nitrogens is 2. The van der Waals surface area contributed by atoms with E-state index in [4.69, 9.17) is 10.1 Å². The van der Waals surface area contributed by atoms with E-state index >= 15 is 0 Å². The number of aliphatic hydroxyl groups is 1. The van der Waals surface area contributed by atoms with Crippen molar-refractivity contribution < 1.29 is 27.8 Å². The molecule has 1 amide bonds. The summed E-state index contributed by atoms with van der Waals surface area (Å²) in [6, 6.07) is 10.9. The van der Waals surface area contributed by atoms with Gasteiger partial charge in [0.1, 0.15) is 5.75 Å². The molecule has 0 aliphatic heterocycles. The van der Waals surface area contributed by atoms with Crippen LogP contribution in [0.5, 0.6) is 5.75 Å². The van der Waals surface area contributed by atoms with Gasteiger partial charge in [0.25, 0.3) is 5.91 Å². The highest BCUT2D eigenvalue weighted by Crippen LogP contribution is 2.46. The van der Waals surface area contributed by atoms with Gasteiger partial charge >= 0.3 is 6.36 Å². The Morgan fingerprint density at radius 1 is 1.19 bits per heavy atom. The molecule has 194 valence electrons. The molecule has 1 saturated carbocycles. The van der Waals surface area contributed by atoms with Crippen molar-refractivity contribution in [2.24, 2.45) is 11.3 Å². The van der Waals surface area contributed by atoms with Gasteiger partial charge in [-0.15, -0.1) is 13.2 Å². The first-order chi connectivity index (χ1) is 16.9. The number of anilines is 2. The van der Waals surface area contributed by atoms with Crippen molar-refractivity contribution >= 4 is 28.6 Å². The minimum Gasteiger partial charge on any atom is -0.406 e. The van der Waals surface area contributed by atoms with Crippen LogP contribution in [0.25, 0.3) is 11.0 Å². The fourth-order valence-corrected chi connectivity index (χ4v) is 5.32. The average Bonchev–Trinajstić information content (AvgIpc) is 3.13. The van der Waals surface area contributed by atoms with Crippen molar-refractivity contribution in [1.82, 2.24) is 14.9 Å². The largest absolute Gasteiger partial charge is 0.573 e. The van der Waals surface area contributed by atoms with Crippen LogP contribution in [0.4, 0.5) is 24.8 Å². The molecule has 0 spiro atoms. The summed E-state index contributed by atoms with van der Waals surface area (Å²) in [6.07, 6.45) is -1.80. The number of aliphatic hydroxyl groups excluding tert-OH is 1. The molecule has 36 heavy (non-hydrogen) atoms. The zero-order valence-corrected chi connectivity index (χ0v) is 20.5. The van der Waals surface area contributed by atoms with Gasteiger partial charge in [0.15, 0.2) is 0 Å². The molecule has 1 heterocycles. The van der Waals surface area contributed by atoms with Gasteiger partial charge in [0, 0.05) is 23.8 Å².